The summed E-state index contributed by atoms with van der Waals surface area (Å²) in [6, 6.07) is 0. The average molecular weight is 112 g/mol. The fourth-order valence-corrected chi connectivity index (χ4v) is 0.688. The van der Waals surface area contributed by atoms with Gasteiger partial charge < -0.3 is 5.11 Å². The minimum atomic E-state index is -0.382. The van der Waals surface area contributed by atoms with Crippen LogP contribution in [-0.2, 0) is 4.79 Å². The zero-order valence-electron chi connectivity index (χ0n) is 4.50. The lowest BCUT2D eigenvalue weighted by molar-refractivity contribution is -0.115. The van der Waals surface area contributed by atoms with Crippen LogP contribution in [-0.4, -0.2) is 17.0 Å². The first kappa shape index (κ1) is 5.51. The Labute approximate surface area is 47.8 Å². The van der Waals surface area contributed by atoms with Gasteiger partial charge in [0.15, 0.2) is 5.78 Å². The third-order valence-electron chi connectivity index (χ3n) is 1.19. The number of ketones is 1. The van der Waals surface area contributed by atoms with Crippen LogP contribution in [0.1, 0.15) is 12.8 Å². The van der Waals surface area contributed by atoms with Crippen LogP contribution < -0.4 is 0 Å². The molecule has 2 heteroatoms. The number of hydrogen-bond donors (Lipinski definition) is 1. The summed E-state index contributed by atoms with van der Waals surface area (Å²) in [5.74, 6) is 0.121. The fraction of sp³-hybridized carbons (Fsp3) is 0.500. The first-order chi connectivity index (χ1) is 3.79. The van der Waals surface area contributed by atoms with Crippen molar-refractivity contribution in [3.05, 3.63) is 12.2 Å². The van der Waals surface area contributed by atoms with Crippen LogP contribution in [0.4, 0.5) is 0 Å². The standard InChI is InChI=1S/C6H8O2/c7-5-1-2-6(8)4-3-5/h1-2,5,7H,3-4H2. The number of allylic oxidation sites excluding steroid dienone is 1. The molecule has 8 heavy (non-hydrogen) atoms. The molecular weight excluding hydrogens is 104 g/mol. The molecule has 0 aromatic heterocycles. The number of rotatable bonds is 0. The Bertz CT molecular complexity index is 126. The summed E-state index contributed by atoms with van der Waals surface area (Å²) in [5, 5.41) is 8.79. The van der Waals surface area contributed by atoms with Crippen LogP contribution in [0.2, 0.25) is 0 Å². The number of hydrogen-bond acceptors (Lipinski definition) is 2. The lowest BCUT2D eigenvalue weighted by Gasteiger charge is -2.06. The molecule has 0 aromatic carbocycles. The quantitative estimate of drug-likeness (QED) is 0.488. The van der Waals surface area contributed by atoms with E-state index in [1.807, 2.05) is 0 Å². The van der Waals surface area contributed by atoms with Gasteiger partial charge in [0.1, 0.15) is 0 Å². The molecule has 1 atom stereocenters. The van der Waals surface area contributed by atoms with Gasteiger partial charge in [0.2, 0.25) is 0 Å². The Morgan fingerprint density at radius 1 is 1.75 bits per heavy atom. The van der Waals surface area contributed by atoms with Crippen LogP contribution in [0.25, 0.3) is 0 Å². The Balaban J connectivity index is 2.55. The maximum atomic E-state index is 10.4. The second-order valence-electron chi connectivity index (χ2n) is 1.93. The molecule has 0 spiro atoms. The molecule has 0 amide bonds. The number of carbonyl (C=O) groups is 1. The molecule has 0 radical (unpaired) electrons. The maximum absolute atomic E-state index is 10.4. The topological polar surface area (TPSA) is 37.3 Å². The van der Waals surface area contributed by atoms with E-state index in [4.69, 9.17) is 5.11 Å². The SMILES string of the molecule is O=C1C=CC(O)CC1. The van der Waals surface area contributed by atoms with Gasteiger partial charge in [-0.05, 0) is 12.5 Å². The zero-order valence-corrected chi connectivity index (χ0v) is 4.50. The highest BCUT2D eigenvalue weighted by Crippen LogP contribution is 2.05. The summed E-state index contributed by atoms with van der Waals surface area (Å²) in [7, 11) is 0. The van der Waals surface area contributed by atoms with Crippen molar-refractivity contribution in [3.8, 4) is 0 Å². The molecule has 0 aromatic rings. The van der Waals surface area contributed by atoms with E-state index in [0.717, 1.165) is 0 Å². The van der Waals surface area contributed by atoms with Crippen LogP contribution in [0.5, 0.6) is 0 Å². The molecule has 44 valence electrons. The third kappa shape index (κ3) is 1.17. The predicted molar refractivity (Wildman–Crippen MR) is 29.4 cm³/mol. The Morgan fingerprint density at radius 3 is 2.88 bits per heavy atom. The van der Waals surface area contributed by atoms with Gasteiger partial charge in [-0.3, -0.25) is 4.79 Å². The van der Waals surface area contributed by atoms with E-state index in [0.29, 0.717) is 12.8 Å². The molecule has 0 bridgehead atoms. The second-order valence-corrected chi connectivity index (χ2v) is 1.93. The monoisotopic (exact) mass is 112 g/mol. The number of aliphatic hydroxyl groups excluding tert-OH is 1. The largest absolute Gasteiger partial charge is 0.389 e. The summed E-state index contributed by atoms with van der Waals surface area (Å²) in [6.45, 7) is 0. The van der Waals surface area contributed by atoms with Gasteiger partial charge in [0.25, 0.3) is 0 Å². The molecule has 1 unspecified atom stereocenters. The fourth-order valence-electron chi connectivity index (χ4n) is 0.688. The minimum absolute atomic E-state index is 0.121. The molecule has 1 rings (SSSR count). The van der Waals surface area contributed by atoms with Crippen molar-refractivity contribution in [1.82, 2.24) is 0 Å². The molecule has 0 fully saturated rings. The van der Waals surface area contributed by atoms with E-state index in [1.165, 1.54) is 12.2 Å². The van der Waals surface area contributed by atoms with Crippen LogP contribution in [0.3, 0.4) is 0 Å². The maximum Gasteiger partial charge on any atom is 0.155 e. The van der Waals surface area contributed by atoms with Crippen molar-refractivity contribution in [2.75, 3.05) is 0 Å². The van der Waals surface area contributed by atoms with Crippen LogP contribution >= 0.6 is 0 Å². The van der Waals surface area contributed by atoms with Gasteiger partial charge in [0.05, 0.1) is 6.10 Å². The molecule has 0 saturated carbocycles. The Morgan fingerprint density at radius 2 is 2.50 bits per heavy atom. The highest BCUT2D eigenvalue weighted by Gasteiger charge is 2.08. The highest BCUT2D eigenvalue weighted by atomic mass is 16.3. The second kappa shape index (κ2) is 2.09. The summed E-state index contributed by atoms with van der Waals surface area (Å²) < 4.78 is 0. The number of aliphatic hydroxyl groups is 1. The van der Waals surface area contributed by atoms with Crippen molar-refractivity contribution < 1.29 is 9.90 Å². The van der Waals surface area contributed by atoms with E-state index in [1.54, 1.807) is 0 Å². The van der Waals surface area contributed by atoms with Crippen LogP contribution in [0, 0.1) is 0 Å². The van der Waals surface area contributed by atoms with Gasteiger partial charge in [-0.25, -0.2) is 0 Å². The van der Waals surface area contributed by atoms with Gasteiger partial charge in [0, 0.05) is 6.42 Å². The molecule has 1 aliphatic carbocycles. The highest BCUT2D eigenvalue weighted by molar-refractivity contribution is 5.90. The van der Waals surface area contributed by atoms with Crippen molar-refractivity contribution in [2.45, 2.75) is 18.9 Å². The molecule has 1 aliphatic rings. The average Bonchev–Trinajstić information content (AvgIpc) is 1.77. The van der Waals surface area contributed by atoms with Gasteiger partial charge in [-0.15, -0.1) is 0 Å². The van der Waals surface area contributed by atoms with Gasteiger partial charge >= 0.3 is 0 Å². The zero-order chi connectivity index (χ0) is 5.98. The smallest absolute Gasteiger partial charge is 0.155 e. The molecule has 2 nitrogen and oxygen atoms in total. The van der Waals surface area contributed by atoms with Crippen molar-refractivity contribution >= 4 is 5.78 Å². The summed E-state index contributed by atoms with van der Waals surface area (Å²) in [6.07, 6.45) is 3.68. The summed E-state index contributed by atoms with van der Waals surface area (Å²) in [5.41, 5.74) is 0. The predicted octanol–water partition coefficient (Wildman–Crippen LogP) is 0.266. The summed E-state index contributed by atoms with van der Waals surface area (Å²) in [4.78, 5) is 10.4. The normalized spacial score (nSPS) is 28.6. The van der Waals surface area contributed by atoms with E-state index < -0.39 is 0 Å². The molecule has 1 N–H and O–H groups in total. The lowest BCUT2D eigenvalue weighted by Crippen LogP contribution is -2.10. The first-order valence-corrected chi connectivity index (χ1v) is 2.68. The number of carbonyl (C=O) groups excluding carboxylic acids is 1. The molecule has 0 heterocycles. The summed E-state index contributed by atoms with van der Waals surface area (Å²) >= 11 is 0. The van der Waals surface area contributed by atoms with E-state index in [-0.39, 0.29) is 11.9 Å². The van der Waals surface area contributed by atoms with E-state index in [2.05, 4.69) is 0 Å². The molecule has 0 saturated heterocycles. The van der Waals surface area contributed by atoms with Crippen molar-refractivity contribution in [1.29, 1.82) is 0 Å². The Kier molecular flexibility index (Phi) is 1.44. The van der Waals surface area contributed by atoms with Crippen LogP contribution in [0.15, 0.2) is 12.2 Å². The first-order valence-electron chi connectivity index (χ1n) is 2.68. The van der Waals surface area contributed by atoms with E-state index in [9.17, 15) is 4.79 Å². The molecular formula is C6H8O2. The third-order valence-corrected chi connectivity index (χ3v) is 1.19. The minimum Gasteiger partial charge on any atom is -0.389 e. The lowest BCUT2D eigenvalue weighted by atomic mass is 10.0. The van der Waals surface area contributed by atoms with Gasteiger partial charge in [-0.2, -0.15) is 0 Å². The Hall–Kier alpha value is -0.630. The van der Waals surface area contributed by atoms with Crippen molar-refractivity contribution in [3.63, 3.8) is 0 Å². The van der Waals surface area contributed by atoms with E-state index >= 15 is 0 Å². The van der Waals surface area contributed by atoms with Gasteiger partial charge in [-0.1, -0.05) is 6.08 Å². The van der Waals surface area contributed by atoms with Crippen molar-refractivity contribution in [2.24, 2.45) is 0 Å². The molecule has 0 aliphatic heterocycles.